The predicted molar refractivity (Wildman–Crippen MR) is 79.3 cm³/mol. The van der Waals surface area contributed by atoms with Crippen molar-refractivity contribution < 1.29 is 17.7 Å². The van der Waals surface area contributed by atoms with Crippen LogP contribution in [0.5, 0.6) is 0 Å². The largest absolute Gasteiger partial charge is 0.393 e. The summed E-state index contributed by atoms with van der Waals surface area (Å²) in [5.74, 6) is 0.886. The molecule has 4 rings (SSSR count). The Morgan fingerprint density at radius 2 is 1.90 bits per heavy atom. The predicted octanol–water partition coefficient (Wildman–Crippen LogP) is 2.50. The van der Waals surface area contributed by atoms with Gasteiger partial charge in [-0.1, -0.05) is 17.7 Å². The monoisotopic (exact) mass is 310 g/mol. The Bertz CT molecular complexity index is 593. The molecule has 0 amide bonds. The zero-order valence-corrected chi connectivity index (χ0v) is 13.1. The Morgan fingerprint density at radius 3 is 2.52 bits per heavy atom. The first-order chi connectivity index (χ1) is 9.95. The van der Waals surface area contributed by atoms with Gasteiger partial charge in [0.05, 0.1) is 17.6 Å². The highest BCUT2D eigenvalue weighted by Gasteiger charge is 2.41. The number of rotatable bonds is 4. The molecule has 3 fully saturated rings. The van der Waals surface area contributed by atoms with Crippen LogP contribution in [-0.4, -0.2) is 26.2 Å². The maximum absolute atomic E-state index is 12.2. The molecule has 0 saturated heterocycles. The van der Waals surface area contributed by atoms with Gasteiger partial charge in [0.15, 0.2) is 0 Å². The van der Waals surface area contributed by atoms with Gasteiger partial charge in [-0.3, -0.25) is 4.18 Å². The van der Waals surface area contributed by atoms with Crippen LogP contribution in [0.2, 0.25) is 0 Å². The quantitative estimate of drug-likeness (QED) is 0.868. The van der Waals surface area contributed by atoms with E-state index in [2.05, 4.69) is 0 Å². The van der Waals surface area contributed by atoms with E-state index in [1.807, 2.05) is 6.92 Å². The summed E-state index contributed by atoms with van der Waals surface area (Å²) in [6.45, 7) is 2.10. The Kier molecular flexibility index (Phi) is 4.08. The second-order valence-corrected chi connectivity index (χ2v) is 8.07. The van der Waals surface area contributed by atoms with Crippen LogP contribution in [0.1, 0.15) is 31.2 Å². The highest BCUT2D eigenvalue weighted by Crippen LogP contribution is 2.45. The van der Waals surface area contributed by atoms with Gasteiger partial charge in [0, 0.05) is 0 Å². The van der Waals surface area contributed by atoms with E-state index in [0.717, 1.165) is 31.2 Å². The van der Waals surface area contributed by atoms with Crippen molar-refractivity contribution in [2.45, 2.75) is 43.6 Å². The van der Waals surface area contributed by atoms with Crippen molar-refractivity contribution in [2.24, 2.45) is 17.8 Å². The average Bonchev–Trinajstić information content (AvgIpc) is 2.46. The molecule has 1 N–H and O–H groups in total. The highest BCUT2D eigenvalue weighted by molar-refractivity contribution is 7.86. The molecular weight excluding hydrogens is 288 g/mol. The van der Waals surface area contributed by atoms with Gasteiger partial charge in [-0.15, -0.1) is 0 Å². The van der Waals surface area contributed by atoms with Crippen LogP contribution in [-0.2, 0) is 14.3 Å². The van der Waals surface area contributed by atoms with Crippen molar-refractivity contribution in [1.29, 1.82) is 0 Å². The molecule has 3 saturated carbocycles. The van der Waals surface area contributed by atoms with Crippen molar-refractivity contribution in [3.63, 3.8) is 0 Å². The third-order valence-electron chi connectivity index (χ3n) is 4.97. The molecule has 2 bridgehead atoms. The Morgan fingerprint density at radius 1 is 1.19 bits per heavy atom. The normalized spacial score (nSPS) is 32.3. The SMILES string of the molecule is Cc1ccc(S(=O)(=O)OC[C@H]2C[C@@H]3CC[C@@H]2[C@H](O)C3)cc1. The maximum Gasteiger partial charge on any atom is 0.296 e. The summed E-state index contributed by atoms with van der Waals surface area (Å²) in [6.07, 6.45) is 3.71. The summed E-state index contributed by atoms with van der Waals surface area (Å²) in [5.41, 5.74) is 1.02. The van der Waals surface area contributed by atoms with E-state index in [9.17, 15) is 13.5 Å². The van der Waals surface area contributed by atoms with Crippen LogP contribution >= 0.6 is 0 Å². The van der Waals surface area contributed by atoms with Crippen LogP contribution in [0.4, 0.5) is 0 Å². The maximum atomic E-state index is 12.2. The van der Waals surface area contributed by atoms with E-state index in [4.69, 9.17) is 4.18 Å². The number of aliphatic hydroxyl groups is 1. The molecule has 0 spiro atoms. The van der Waals surface area contributed by atoms with Gasteiger partial charge in [-0.2, -0.15) is 8.42 Å². The third-order valence-corrected chi connectivity index (χ3v) is 6.26. The second kappa shape index (κ2) is 5.71. The molecule has 0 unspecified atom stereocenters. The van der Waals surface area contributed by atoms with E-state index < -0.39 is 10.1 Å². The molecule has 1 aromatic carbocycles. The second-order valence-electron chi connectivity index (χ2n) is 6.46. The molecule has 3 aliphatic carbocycles. The number of benzene rings is 1. The van der Waals surface area contributed by atoms with E-state index >= 15 is 0 Å². The Balaban J connectivity index is 1.65. The molecule has 4 nitrogen and oxygen atoms in total. The molecule has 0 aromatic heterocycles. The van der Waals surface area contributed by atoms with Crippen molar-refractivity contribution in [3.05, 3.63) is 29.8 Å². The summed E-state index contributed by atoms with van der Waals surface area (Å²) in [4.78, 5) is 0.203. The molecule has 3 aliphatic rings. The fraction of sp³-hybridized carbons (Fsp3) is 0.625. The lowest BCUT2D eigenvalue weighted by atomic mass is 9.63. The Labute approximate surface area is 126 Å². The van der Waals surface area contributed by atoms with Gasteiger partial charge in [0.1, 0.15) is 0 Å². The number of aliphatic hydroxyl groups excluding tert-OH is 1. The summed E-state index contributed by atoms with van der Waals surface area (Å²) in [6, 6.07) is 6.68. The average molecular weight is 310 g/mol. The van der Waals surface area contributed by atoms with Crippen molar-refractivity contribution in [1.82, 2.24) is 0 Å². The molecule has 21 heavy (non-hydrogen) atoms. The van der Waals surface area contributed by atoms with Crippen molar-refractivity contribution >= 4 is 10.1 Å². The third kappa shape index (κ3) is 3.15. The summed E-state index contributed by atoms with van der Waals surface area (Å²) < 4.78 is 29.6. The number of aryl methyl sites for hydroxylation is 1. The van der Waals surface area contributed by atoms with Crippen LogP contribution in [0.25, 0.3) is 0 Å². The zero-order chi connectivity index (χ0) is 15.0. The van der Waals surface area contributed by atoms with Gasteiger partial charge in [0.2, 0.25) is 0 Å². The minimum absolute atomic E-state index is 0.160. The molecule has 0 aliphatic heterocycles. The summed E-state index contributed by atoms with van der Waals surface area (Å²) in [5, 5.41) is 10.0. The fourth-order valence-electron chi connectivity index (χ4n) is 3.76. The lowest BCUT2D eigenvalue weighted by Crippen LogP contribution is -2.43. The van der Waals surface area contributed by atoms with E-state index in [0.29, 0.717) is 5.92 Å². The fourth-order valence-corrected chi connectivity index (χ4v) is 4.72. The minimum atomic E-state index is -3.69. The molecule has 1 aromatic rings. The van der Waals surface area contributed by atoms with Gasteiger partial charge in [-0.25, -0.2) is 0 Å². The standard InChI is InChI=1S/C16H22O4S/c1-11-2-5-14(6-3-11)21(18,19)20-10-13-8-12-4-7-15(13)16(17)9-12/h2-3,5-6,12-13,15-17H,4,7-10H2,1H3/t12-,13+,15-,16+/m0/s1. The summed E-state index contributed by atoms with van der Waals surface area (Å²) in [7, 11) is -3.69. The number of fused-ring (bicyclic) bond motifs is 3. The van der Waals surface area contributed by atoms with E-state index in [1.165, 1.54) is 0 Å². The van der Waals surface area contributed by atoms with Crippen molar-refractivity contribution in [2.75, 3.05) is 6.61 Å². The van der Waals surface area contributed by atoms with Gasteiger partial charge >= 0.3 is 0 Å². The first kappa shape index (κ1) is 15.0. The lowest BCUT2D eigenvalue weighted by molar-refractivity contribution is -0.0485. The Hall–Kier alpha value is -0.910. The topological polar surface area (TPSA) is 63.6 Å². The first-order valence-corrected chi connectivity index (χ1v) is 9.01. The van der Waals surface area contributed by atoms with Crippen molar-refractivity contribution in [3.8, 4) is 0 Å². The van der Waals surface area contributed by atoms with Gasteiger partial charge < -0.3 is 5.11 Å². The molecular formula is C16H22O4S. The molecule has 0 radical (unpaired) electrons. The number of hydrogen-bond acceptors (Lipinski definition) is 4. The summed E-state index contributed by atoms with van der Waals surface area (Å²) >= 11 is 0. The van der Waals surface area contributed by atoms with Crippen LogP contribution in [0.15, 0.2) is 29.2 Å². The minimum Gasteiger partial charge on any atom is -0.393 e. The lowest BCUT2D eigenvalue weighted by Gasteiger charge is -2.45. The van der Waals surface area contributed by atoms with Gasteiger partial charge in [0.25, 0.3) is 10.1 Å². The van der Waals surface area contributed by atoms with E-state index in [-0.39, 0.29) is 29.4 Å². The van der Waals surface area contributed by atoms with Gasteiger partial charge in [-0.05, 0) is 62.5 Å². The van der Waals surface area contributed by atoms with E-state index in [1.54, 1.807) is 24.3 Å². The zero-order valence-electron chi connectivity index (χ0n) is 12.2. The van der Waals surface area contributed by atoms with Crippen LogP contribution in [0.3, 0.4) is 0 Å². The molecule has 116 valence electrons. The smallest absolute Gasteiger partial charge is 0.296 e. The van der Waals surface area contributed by atoms with Crippen LogP contribution in [0, 0.1) is 24.7 Å². The van der Waals surface area contributed by atoms with Crippen LogP contribution < -0.4 is 0 Å². The molecule has 0 heterocycles. The number of hydrogen-bond donors (Lipinski definition) is 1. The highest BCUT2D eigenvalue weighted by atomic mass is 32.2. The molecule has 5 heteroatoms. The first-order valence-electron chi connectivity index (χ1n) is 7.60. The molecule has 4 atom stereocenters.